The number of ether oxygens (including phenoxy) is 1. The Morgan fingerprint density at radius 1 is 0.962 bits per heavy atom. The van der Waals surface area contributed by atoms with E-state index in [-0.39, 0.29) is 6.09 Å². The average Bonchev–Trinajstić information content (AvgIpc) is 2.69. The largest absolute Gasteiger partial charge is 0.444 e. The van der Waals surface area contributed by atoms with Crippen LogP contribution in [-0.4, -0.2) is 60.9 Å². The summed E-state index contributed by atoms with van der Waals surface area (Å²) in [5.41, 5.74) is -0.398. The van der Waals surface area contributed by atoms with Gasteiger partial charge in [-0.1, -0.05) is 62.9 Å². The van der Waals surface area contributed by atoms with Gasteiger partial charge in [-0.25, -0.2) is 4.79 Å². The summed E-state index contributed by atoms with van der Waals surface area (Å²) < 4.78 is 5.50. The number of carbonyl (C=O) groups excluding carboxylic acids is 1. The molecule has 2 unspecified atom stereocenters. The quantitative estimate of drug-likeness (QED) is 0.666. The fraction of sp³-hybridized carbons (Fsp3) is 0.952. The maximum absolute atomic E-state index is 12.2. The number of hydrogen-bond donors (Lipinski definition) is 0. The van der Waals surface area contributed by atoms with E-state index in [0.29, 0.717) is 0 Å². The van der Waals surface area contributed by atoms with Gasteiger partial charge in [0, 0.05) is 26.2 Å². The van der Waals surface area contributed by atoms with Gasteiger partial charge in [-0.2, -0.15) is 0 Å². The molecule has 0 saturated carbocycles. The highest BCUT2D eigenvalue weighted by Gasteiger charge is 2.37. The van der Waals surface area contributed by atoms with Crippen molar-refractivity contribution in [3.8, 4) is 0 Å². The van der Waals surface area contributed by atoms with Crippen molar-refractivity contribution in [1.82, 2.24) is 9.80 Å². The van der Waals surface area contributed by atoms with Crippen molar-refractivity contribution in [1.29, 1.82) is 0 Å². The van der Waals surface area contributed by atoms with Crippen molar-refractivity contribution in [3.63, 3.8) is 0 Å². The van der Waals surface area contributed by atoms with Crippen LogP contribution in [0.4, 0.5) is 4.79 Å². The van der Waals surface area contributed by atoms with Crippen molar-refractivity contribution >= 4 is 12.8 Å². The van der Waals surface area contributed by atoms with E-state index in [1.807, 2.05) is 25.7 Å². The molecule has 0 aromatic rings. The van der Waals surface area contributed by atoms with E-state index in [9.17, 15) is 4.79 Å². The Hall–Kier alpha value is -0.705. The van der Waals surface area contributed by atoms with Gasteiger partial charge >= 0.3 is 6.09 Å². The molecule has 2 bridgehead atoms. The first-order chi connectivity index (χ1) is 12.4. The lowest BCUT2D eigenvalue weighted by Crippen LogP contribution is -2.50. The number of amides is 1. The van der Waals surface area contributed by atoms with E-state index >= 15 is 0 Å². The summed E-state index contributed by atoms with van der Waals surface area (Å²) in [6, 6.07) is 0. The zero-order valence-corrected chi connectivity index (χ0v) is 17.3. The summed E-state index contributed by atoms with van der Waals surface area (Å²) in [4.78, 5) is 16.6. The van der Waals surface area contributed by atoms with Crippen LogP contribution >= 0.6 is 0 Å². The highest BCUT2D eigenvalue weighted by atomic mass is 16.6. The third kappa shape index (κ3) is 5.64. The molecule has 3 saturated heterocycles. The third-order valence-electron chi connectivity index (χ3n) is 6.80. The molecule has 0 spiro atoms. The molecule has 5 heteroatoms. The number of fused-ring (bicyclic) bond motifs is 2. The first-order valence-corrected chi connectivity index (χ1v) is 11.1. The number of carbonyl (C=O) groups is 1. The lowest BCUT2D eigenvalue weighted by atomic mass is 9.28. The van der Waals surface area contributed by atoms with Gasteiger partial charge < -0.3 is 9.64 Å². The molecule has 3 aliphatic heterocycles. The van der Waals surface area contributed by atoms with Gasteiger partial charge in [0.25, 0.3) is 0 Å². The monoisotopic (exact) mass is 362 g/mol. The third-order valence-corrected chi connectivity index (χ3v) is 6.80. The zero-order chi connectivity index (χ0) is 18.6. The van der Waals surface area contributed by atoms with E-state index in [2.05, 4.69) is 4.90 Å². The predicted molar refractivity (Wildman–Crippen MR) is 109 cm³/mol. The Morgan fingerprint density at radius 3 is 2.12 bits per heavy atom. The average molecular weight is 362 g/mol. The standard InChI is InChI=1S/C21H39BN2O2/c1-21(2,3)26-20(25)24-16-14-23(15-17-24)13-7-12-22-18-8-4-5-9-19(22)11-6-10-18/h18-19H,4-17H2,1-3H3. The molecular weight excluding hydrogens is 323 g/mol. The molecule has 3 rings (SSSR count). The van der Waals surface area contributed by atoms with Gasteiger partial charge in [0.05, 0.1) is 0 Å². The molecule has 0 aromatic carbocycles. The molecule has 2 atom stereocenters. The van der Waals surface area contributed by atoms with Gasteiger partial charge in [0.2, 0.25) is 0 Å². The van der Waals surface area contributed by atoms with Crippen LogP contribution < -0.4 is 0 Å². The van der Waals surface area contributed by atoms with Crippen LogP contribution in [0.5, 0.6) is 0 Å². The van der Waals surface area contributed by atoms with Crippen LogP contribution in [0.15, 0.2) is 0 Å². The molecule has 1 amide bonds. The van der Waals surface area contributed by atoms with Crippen LogP contribution in [0.3, 0.4) is 0 Å². The van der Waals surface area contributed by atoms with E-state index in [4.69, 9.17) is 4.74 Å². The fourth-order valence-electron chi connectivity index (χ4n) is 5.49. The van der Waals surface area contributed by atoms with Crippen LogP contribution in [0.2, 0.25) is 18.0 Å². The van der Waals surface area contributed by atoms with Gasteiger partial charge in [0.15, 0.2) is 0 Å². The van der Waals surface area contributed by atoms with E-state index in [1.165, 1.54) is 64.2 Å². The van der Waals surface area contributed by atoms with Crippen molar-refractivity contribution in [2.45, 2.75) is 95.7 Å². The zero-order valence-electron chi connectivity index (χ0n) is 17.3. The van der Waals surface area contributed by atoms with Gasteiger partial charge in [-0.3, -0.25) is 4.90 Å². The van der Waals surface area contributed by atoms with Crippen LogP contribution in [0.1, 0.15) is 72.1 Å². The number of nitrogens with zero attached hydrogens (tertiary/aromatic N) is 2. The highest BCUT2D eigenvalue weighted by molar-refractivity contribution is 6.62. The Morgan fingerprint density at radius 2 is 1.54 bits per heavy atom. The summed E-state index contributed by atoms with van der Waals surface area (Å²) in [7, 11) is 0. The lowest BCUT2D eigenvalue weighted by Gasteiger charge is -2.37. The molecule has 3 heterocycles. The highest BCUT2D eigenvalue weighted by Crippen LogP contribution is 2.46. The van der Waals surface area contributed by atoms with Crippen LogP contribution in [0.25, 0.3) is 0 Å². The summed E-state index contributed by atoms with van der Waals surface area (Å²) in [6.45, 7) is 11.6. The SMILES string of the molecule is CC(C)(C)OC(=O)N1CCN(CCCB2C3CCCCC2CCC3)CC1. The second-order valence-corrected chi connectivity index (χ2v) is 9.85. The van der Waals surface area contributed by atoms with Gasteiger partial charge in [-0.15, -0.1) is 0 Å². The molecule has 3 fully saturated rings. The van der Waals surface area contributed by atoms with Crippen molar-refractivity contribution in [2.24, 2.45) is 0 Å². The molecule has 148 valence electrons. The topological polar surface area (TPSA) is 32.8 Å². The summed E-state index contributed by atoms with van der Waals surface area (Å²) in [6.07, 6.45) is 13.0. The number of hydrogen-bond acceptors (Lipinski definition) is 3. The first kappa shape index (κ1) is 20.0. The Kier molecular flexibility index (Phi) is 6.93. The smallest absolute Gasteiger partial charge is 0.410 e. The molecule has 0 N–H and O–H groups in total. The van der Waals surface area contributed by atoms with Gasteiger partial charge in [0.1, 0.15) is 12.3 Å². The Labute approximate surface area is 161 Å². The number of rotatable bonds is 4. The van der Waals surface area contributed by atoms with Crippen LogP contribution in [0, 0.1) is 0 Å². The summed E-state index contributed by atoms with van der Waals surface area (Å²) in [5, 5.41) is 0. The van der Waals surface area contributed by atoms with Crippen LogP contribution in [-0.2, 0) is 4.74 Å². The molecule has 0 aromatic heterocycles. The Bertz CT molecular complexity index is 443. The van der Waals surface area contributed by atoms with E-state index in [0.717, 1.165) is 44.5 Å². The number of piperazine rings is 1. The fourth-order valence-corrected chi connectivity index (χ4v) is 5.49. The maximum Gasteiger partial charge on any atom is 0.410 e. The minimum Gasteiger partial charge on any atom is -0.444 e. The minimum atomic E-state index is -0.398. The molecule has 3 aliphatic rings. The summed E-state index contributed by atoms with van der Waals surface area (Å²) in [5.74, 6) is 2.06. The molecule has 0 radical (unpaired) electrons. The normalized spacial score (nSPS) is 28.0. The van der Waals surface area contributed by atoms with E-state index in [1.54, 1.807) is 0 Å². The molecule has 26 heavy (non-hydrogen) atoms. The van der Waals surface area contributed by atoms with E-state index < -0.39 is 5.60 Å². The van der Waals surface area contributed by atoms with Crippen molar-refractivity contribution < 1.29 is 9.53 Å². The minimum absolute atomic E-state index is 0.150. The second-order valence-electron chi connectivity index (χ2n) is 9.85. The second kappa shape index (κ2) is 8.99. The molecular formula is C21H39BN2O2. The first-order valence-electron chi connectivity index (χ1n) is 11.1. The molecule has 4 nitrogen and oxygen atoms in total. The predicted octanol–water partition coefficient (Wildman–Crippen LogP) is 4.92. The van der Waals surface area contributed by atoms with Crippen molar-refractivity contribution in [3.05, 3.63) is 0 Å². The molecule has 0 aliphatic carbocycles. The summed E-state index contributed by atoms with van der Waals surface area (Å²) >= 11 is 0. The maximum atomic E-state index is 12.2. The Balaban J connectivity index is 1.37. The van der Waals surface area contributed by atoms with Crippen molar-refractivity contribution in [2.75, 3.05) is 32.7 Å². The van der Waals surface area contributed by atoms with Gasteiger partial charge in [-0.05, 0) is 33.7 Å². The lowest BCUT2D eigenvalue weighted by molar-refractivity contribution is 0.0145.